The van der Waals surface area contributed by atoms with Crippen molar-refractivity contribution >= 4 is 30.3 Å². The molecule has 1 heterocycles. The number of ether oxygens (including phenoxy) is 1. The molecule has 3 nitrogen and oxygen atoms in total. The lowest BCUT2D eigenvalue weighted by Gasteiger charge is -2.36. The maximum Gasteiger partial charge on any atom is 0.191 e. The molecule has 0 saturated heterocycles. The third kappa shape index (κ3) is 5.43. The van der Waals surface area contributed by atoms with Crippen LogP contribution in [0.5, 0.6) is 5.75 Å². The maximum absolute atomic E-state index is 6.24. The molecule has 0 saturated carbocycles. The minimum absolute atomic E-state index is 0.248. The summed E-state index contributed by atoms with van der Waals surface area (Å²) < 4.78 is 12.7. The molecule has 23 heavy (non-hydrogen) atoms. The van der Waals surface area contributed by atoms with Crippen LogP contribution in [0.15, 0.2) is 16.2 Å². The largest absolute Gasteiger partial charge is 0.494 e. The van der Waals surface area contributed by atoms with Gasteiger partial charge in [-0.25, -0.2) is 0 Å². The van der Waals surface area contributed by atoms with E-state index in [1.54, 1.807) is 7.11 Å². The van der Waals surface area contributed by atoms with Crippen molar-refractivity contribution in [2.45, 2.75) is 59.2 Å². The Morgan fingerprint density at radius 2 is 1.96 bits per heavy atom. The fourth-order valence-electron chi connectivity index (χ4n) is 1.93. The van der Waals surface area contributed by atoms with E-state index in [0.717, 1.165) is 34.5 Å². The van der Waals surface area contributed by atoms with Gasteiger partial charge in [0.1, 0.15) is 11.4 Å². The lowest BCUT2D eigenvalue weighted by molar-refractivity contribution is 0.292. The normalized spacial score (nSPS) is 13.3. The SMILES string of the molecule is COc1c(/C=C(\C)CCO[Si](C)(C)C(C)(C)C)ncc(Br)c1C. The van der Waals surface area contributed by atoms with E-state index in [2.05, 4.69) is 67.8 Å². The Morgan fingerprint density at radius 1 is 1.35 bits per heavy atom. The molecule has 0 aliphatic heterocycles. The molecule has 0 unspecified atom stereocenters. The van der Waals surface area contributed by atoms with E-state index in [9.17, 15) is 0 Å². The van der Waals surface area contributed by atoms with Crippen LogP contribution < -0.4 is 4.74 Å². The summed E-state index contributed by atoms with van der Waals surface area (Å²) in [5.41, 5.74) is 3.19. The highest BCUT2D eigenvalue weighted by atomic mass is 79.9. The zero-order valence-corrected chi connectivity index (χ0v) is 18.3. The minimum Gasteiger partial charge on any atom is -0.494 e. The highest BCUT2D eigenvalue weighted by Crippen LogP contribution is 2.36. The summed E-state index contributed by atoms with van der Waals surface area (Å²) in [4.78, 5) is 4.47. The van der Waals surface area contributed by atoms with Crippen LogP contribution in [0, 0.1) is 6.92 Å². The number of halogens is 1. The fraction of sp³-hybridized carbons (Fsp3) is 0.611. The predicted molar refractivity (Wildman–Crippen MR) is 105 cm³/mol. The monoisotopic (exact) mass is 399 g/mol. The second-order valence-electron chi connectivity index (χ2n) is 7.50. The summed E-state index contributed by atoms with van der Waals surface area (Å²) >= 11 is 3.49. The number of hydrogen-bond donors (Lipinski definition) is 0. The van der Waals surface area contributed by atoms with Crippen molar-refractivity contribution in [3.05, 3.63) is 27.5 Å². The quantitative estimate of drug-likeness (QED) is 0.551. The number of pyridine rings is 1. The zero-order chi connectivity index (χ0) is 17.8. The van der Waals surface area contributed by atoms with Crippen molar-refractivity contribution in [2.75, 3.05) is 13.7 Å². The molecule has 0 N–H and O–H groups in total. The van der Waals surface area contributed by atoms with Gasteiger partial charge in [0.25, 0.3) is 0 Å². The van der Waals surface area contributed by atoms with Gasteiger partial charge >= 0.3 is 0 Å². The fourth-order valence-corrected chi connectivity index (χ4v) is 3.26. The Morgan fingerprint density at radius 3 is 2.48 bits per heavy atom. The van der Waals surface area contributed by atoms with Crippen molar-refractivity contribution in [2.24, 2.45) is 0 Å². The van der Waals surface area contributed by atoms with Crippen LogP contribution in [0.25, 0.3) is 6.08 Å². The minimum atomic E-state index is -1.67. The molecule has 0 aromatic carbocycles. The van der Waals surface area contributed by atoms with Gasteiger partial charge in [-0.05, 0) is 60.4 Å². The Labute approximate surface area is 150 Å². The molecule has 130 valence electrons. The number of nitrogens with zero attached hydrogens (tertiary/aromatic N) is 1. The molecule has 1 rings (SSSR count). The summed E-state index contributed by atoms with van der Waals surface area (Å²) in [6, 6.07) is 0. The molecule has 0 amide bonds. The van der Waals surface area contributed by atoms with Gasteiger partial charge < -0.3 is 9.16 Å². The standard InChI is InChI=1S/C18H30BrNO2Si/c1-13(9-10-22-23(7,8)18(3,4)5)11-16-17(21-6)14(2)15(19)12-20-16/h11-12H,9-10H2,1-8H3/b13-11+. The van der Waals surface area contributed by atoms with E-state index in [0.29, 0.717) is 0 Å². The van der Waals surface area contributed by atoms with Gasteiger partial charge in [0, 0.05) is 22.8 Å². The molecule has 0 atom stereocenters. The molecule has 0 aliphatic carbocycles. The van der Waals surface area contributed by atoms with Gasteiger partial charge in [-0.15, -0.1) is 0 Å². The molecule has 1 aromatic heterocycles. The first-order chi connectivity index (χ1) is 10.5. The van der Waals surface area contributed by atoms with E-state index < -0.39 is 8.32 Å². The van der Waals surface area contributed by atoms with Crippen molar-refractivity contribution in [3.63, 3.8) is 0 Å². The summed E-state index contributed by atoms with van der Waals surface area (Å²) in [7, 11) is 0.0125. The van der Waals surface area contributed by atoms with E-state index in [-0.39, 0.29) is 5.04 Å². The highest BCUT2D eigenvalue weighted by molar-refractivity contribution is 9.10. The van der Waals surface area contributed by atoms with E-state index in [4.69, 9.17) is 9.16 Å². The highest BCUT2D eigenvalue weighted by Gasteiger charge is 2.36. The third-order valence-electron chi connectivity index (χ3n) is 4.60. The van der Waals surface area contributed by atoms with Gasteiger partial charge in [0.2, 0.25) is 0 Å². The number of aromatic nitrogens is 1. The maximum atomic E-state index is 6.24. The number of methoxy groups -OCH3 is 1. The smallest absolute Gasteiger partial charge is 0.191 e. The van der Waals surface area contributed by atoms with Crippen LogP contribution in [-0.4, -0.2) is 27.0 Å². The molecular formula is C18H30BrNO2Si. The van der Waals surface area contributed by atoms with Crippen molar-refractivity contribution in [1.82, 2.24) is 4.98 Å². The first-order valence-electron chi connectivity index (χ1n) is 8.00. The third-order valence-corrected chi connectivity index (χ3v) is 9.94. The van der Waals surface area contributed by atoms with Gasteiger partial charge in [0.15, 0.2) is 8.32 Å². The number of hydrogen-bond acceptors (Lipinski definition) is 3. The first kappa shape index (κ1) is 20.4. The van der Waals surface area contributed by atoms with Gasteiger partial charge in [-0.1, -0.05) is 26.3 Å². The number of rotatable bonds is 6. The molecule has 0 spiro atoms. The second-order valence-corrected chi connectivity index (χ2v) is 13.2. The van der Waals surface area contributed by atoms with Crippen molar-refractivity contribution in [1.29, 1.82) is 0 Å². The molecular weight excluding hydrogens is 370 g/mol. The Balaban J connectivity index is 2.78. The van der Waals surface area contributed by atoms with Crippen LogP contribution in [0.4, 0.5) is 0 Å². The van der Waals surface area contributed by atoms with Crippen LogP contribution >= 0.6 is 15.9 Å². The molecule has 0 radical (unpaired) electrons. The van der Waals surface area contributed by atoms with Crippen molar-refractivity contribution < 1.29 is 9.16 Å². The summed E-state index contributed by atoms with van der Waals surface area (Å²) in [6.07, 6.45) is 4.82. The van der Waals surface area contributed by atoms with Crippen LogP contribution in [-0.2, 0) is 4.43 Å². The molecule has 0 bridgehead atoms. The zero-order valence-electron chi connectivity index (χ0n) is 15.7. The average Bonchev–Trinajstić information content (AvgIpc) is 2.42. The lowest BCUT2D eigenvalue weighted by atomic mass is 10.1. The Bertz CT molecular complexity index is 577. The molecule has 0 aliphatic rings. The van der Waals surface area contributed by atoms with E-state index in [1.807, 2.05) is 13.1 Å². The Kier molecular flexibility index (Phi) is 7.05. The topological polar surface area (TPSA) is 31.4 Å². The summed E-state index contributed by atoms with van der Waals surface area (Å²) in [5, 5.41) is 0.248. The van der Waals surface area contributed by atoms with Crippen molar-refractivity contribution in [3.8, 4) is 5.75 Å². The first-order valence-corrected chi connectivity index (χ1v) is 11.7. The van der Waals surface area contributed by atoms with E-state index in [1.165, 1.54) is 5.57 Å². The summed E-state index contributed by atoms with van der Waals surface area (Å²) in [6.45, 7) is 16.3. The molecule has 1 aromatic rings. The van der Waals surface area contributed by atoms with Crippen LogP contribution in [0.3, 0.4) is 0 Å². The van der Waals surface area contributed by atoms with Crippen LogP contribution in [0.1, 0.15) is 45.4 Å². The van der Waals surface area contributed by atoms with E-state index >= 15 is 0 Å². The second kappa shape index (κ2) is 7.95. The van der Waals surface area contributed by atoms with Gasteiger partial charge in [-0.3, -0.25) is 4.98 Å². The van der Waals surface area contributed by atoms with Gasteiger partial charge in [0.05, 0.1) is 7.11 Å². The average molecular weight is 400 g/mol. The van der Waals surface area contributed by atoms with Crippen LogP contribution in [0.2, 0.25) is 18.1 Å². The lowest BCUT2D eigenvalue weighted by Crippen LogP contribution is -2.40. The Hall–Kier alpha value is -0.653. The molecule has 5 heteroatoms. The molecule has 0 fully saturated rings. The predicted octanol–water partition coefficient (Wildman–Crippen LogP) is 5.98. The van der Waals surface area contributed by atoms with Gasteiger partial charge in [-0.2, -0.15) is 0 Å². The summed E-state index contributed by atoms with van der Waals surface area (Å²) in [5.74, 6) is 0.823.